The zero-order valence-electron chi connectivity index (χ0n) is 10.9. The van der Waals surface area contributed by atoms with E-state index in [-0.39, 0.29) is 5.91 Å². The molecule has 2 atom stereocenters. The van der Waals surface area contributed by atoms with E-state index in [2.05, 4.69) is 6.92 Å². The first-order chi connectivity index (χ1) is 8.59. The molecule has 0 saturated carbocycles. The van der Waals surface area contributed by atoms with Gasteiger partial charge in [0.15, 0.2) is 0 Å². The quantitative estimate of drug-likeness (QED) is 0.823. The zero-order chi connectivity index (χ0) is 13.1. The average Bonchev–Trinajstić information content (AvgIpc) is 2.38. The van der Waals surface area contributed by atoms with Crippen molar-refractivity contribution in [3.05, 3.63) is 29.8 Å². The van der Waals surface area contributed by atoms with E-state index in [0.29, 0.717) is 11.6 Å². The van der Waals surface area contributed by atoms with Crippen LogP contribution in [0.5, 0.6) is 0 Å². The summed E-state index contributed by atoms with van der Waals surface area (Å²) in [7, 11) is -0.987. The number of hydrogen-bond acceptors (Lipinski definition) is 2. The molecule has 98 valence electrons. The van der Waals surface area contributed by atoms with E-state index in [1.165, 1.54) is 6.42 Å². The van der Waals surface area contributed by atoms with Crippen LogP contribution in [-0.4, -0.2) is 33.9 Å². The summed E-state index contributed by atoms with van der Waals surface area (Å²) >= 11 is 0. The Morgan fingerprint density at radius 1 is 1.28 bits per heavy atom. The molecular weight excluding hydrogens is 246 g/mol. The van der Waals surface area contributed by atoms with E-state index in [1.807, 2.05) is 4.90 Å². The van der Waals surface area contributed by atoms with Gasteiger partial charge in [-0.1, -0.05) is 0 Å². The maximum Gasteiger partial charge on any atom is 0.254 e. The lowest BCUT2D eigenvalue weighted by Gasteiger charge is -2.33. The molecule has 1 aliphatic heterocycles. The van der Waals surface area contributed by atoms with Crippen LogP contribution < -0.4 is 0 Å². The number of carbonyl (C=O) groups is 1. The summed E-state index contributed by atoms with van der Waals surface area (Å²) < 4.78 is 11.3. The molecule has 3 nitrogen and oxygen atoms in total. The van der Waals surface area contributed by atoms with E-state index in [1.54, 1.807) is 30.5 Å². The second-order valence-electron chi connectivity index (χ2n) is 4.82. The van der Waals surface area contributed by atoms with Gasteiger partial charge in [0.05, 0.1) is 0 Å². The van der Waals surface area contributed by atoms with Crippen molar-refractivity contribution in [3.8, 4) is 0 Å². The molecule has 0 N–H and O–H groups in total. The standard InChI is InChI=1S/C14H19NO2S/c1-11-5-3-4-10-15(11)14(16)12-6-8-13(9-7-12)18(2)17/h6-9,11H,3-5,10H2,1-2H3. The Kier molecular flexibility index (Phi) is 4.17. The smallest absolute Gasteiger partial charge is 0.254 e. The number of hydrogen-bond donors (Lipinski definition) is 0. The summed E-state index contributed by atoms with van der Waals surface area (Å²) in [5, 5.41) is 0. The van der Waals surface area contributed by atoms with Crippen molar-refractivity contribution in [2.45, 2.75) is 37.1 Å². The van der Waals surface area contributed by atoms with Gasteiger partial charge in [-0.05, 0) is 50.5 Å². The molecule has 0 aromatic heterocycles. The van der Waals surface area contributed by atoms with E-state index in [4.69, 9.17) is 0 Å². The third kappa shape index (κ3) is 2.80. The van der Waals surface area contributed by atoms with Crippen LogP contribution in [-0.2, 0) is 10.8 Å². The first kappa shape index (κ1) is 13.3. The molecule has 1 aliphatic rings. The molecule has 2 rings (SSSR count). The first-order valence-electron chi connectivity index (χ1n) is 6.34. The van der Waals surface area contributed by atoms with Gasteiger partial charge in [-0.3, -0.25) is 9.00 Å². The fourth-order valence-corrected chi connectivity index (χ4v) is 2.87. The fourth-order valence-electron chi connectivity index (χ4n) is 2.35. The molecule has 1 aromatic rings. The predicted octanol–water partition coefficient (Wildman–Crippen LogP) is 2.44. The maximum atomic E-state index is 12.3. The molecule has 0 bridgehead atoms. The van der Waals surface area contributed by atoms with E-state index in [0.717, 1.165) is 24.3 Å². The van der Waals surface area contributed by atoms with Crippen molar-refractivity contribution in [2.75, 3.05) is 12.8 Å². The maximum absolute atomic E-state index is 12.3. The number of benzene rings is 1. The minimum atomic E-state index is -0.987. The SMILES string of the molecule is CC1CCCCN1C(=O)c1ccc(S(C)=O)cc1. The summed E-state index contributed by atoms with van der Waals surface area (Å²) in [6, 6.07) is 7.43. The first-order valence-corrected chi connectivity index (χ1v) is 7.90. The number of amides is 1. The van der Waals surface area contributed by atoms with Crippen molar-refractivity contribution < 1.29 is 9.00 Å². The predicted molar refractivity (Wildman–Crippen MR) is 73.1 cm³/mol. The van der Waals surface area contributed by atoms with Gasteiger partial charge in [0.1, 0.15) is 0 Å². The van der Waals surface area contributed by atoms with Crippen LogP contribution in [0.25, 0.3) is 0 Å². The highest BCUT2D eigenvalue weighted by molar-refractivity contribution is 7.84. The van der Waals surface area contributed by atoms with Gasteiger partial charge >= 0.3 is 0 Å². The summed E-state index contributed by atoms with van der Waals surface area (Å²) in [5.41, 5.74) is 0.693. The van der Waals surface area contributed by atoms with Gasteiger partial charge in [-0.15, -0.1) is 0 Å². The second kappa shape index (κ2) is 5.65. The molecule has 1 heterocycles. The Hall–Kier alpha value is -1.16. The molecule has 18 heavy (non-hydrogen) atoms. The van der Waals surface area contributed by atoms with Crippen molar-refractivity contribution >= 4 is 16.7 Å². The van der Waals surface area contributed by atoms with Gasteiger partial charge in [-0.2, -0.15) is 0 Å². The van der Waals surface area contributed by atoms with Gasteiger partial charge in [0, 0.05) is 40.1 Å². The molecule has 0 aliphatic carbocycles. The fraction of sp³-hybridized carbons (Fsp3) is 0.500. The minimum Gasteiger partial charge on any atom is -0.336 e. The average molecular weight is 265 g/mol. The van der Waals surface area contributed by atoms with E-state index >= 15 is 0 Å². The van der Waals surface area contributed by atoms with Crippen molar-refractivity contribution in [3.63, 3.8) is 0 Å². The van der Waals surface area contributed by atoms with E-state index < -0.39 is 10.8 Å². The number of likely N-dealkylation sites (tertiary alicyclic amines) is 1. The molecule has 1 fully saturated rings. The third-order valence-corrected chi connectivity index (χ3v) is 4.43. The third-order valence-electron chi connectivity index (χ3n) is 3.50. The lowest BCUT2D eigenvalue weighted by molar-refractivity contribution is 0.0635. The Bertz CT molecular complexity index is 455. The normalized spacial score (nSPS) is 21.7. The van der Waals surface area contributed by atoms with Gasteiger partial charge < -0.3 is 4.90 Å². The topological polar surface area (TPSA) is 37.4 Å². The molecular formula is C14H19NO2S. The van der Waals surface area contributed by atoms with Crippen molar-refractivity contribution in [1.82, 2.24) is 4.90 Å². The van der Waals surface area contributed by atoms with Crippen LogP contribution in [0.15, 0.2) is 29.2 Å². The molecule has 4 heteroatoms. The number of piperidine rings is 1. The summed E-state index contributed by atoms with van der Waals surface area (Å²) in [4.78, 5) is 15.0. The highest BCUT2D eigenvalue weighted by Crippen LogP contribution is 2.19. The Labute approximate surface area is 111 Å². The van der Waals surface area contributed by atoms with Crippen LogP contribution in [0.1, 0.15) is 36.5 Å². The van der Waals surface area contributed by atoms with Crippen LogP contribution in [0.2, 0.25) is 0 Å². The van der Waals surface area contributed by atoms with Crippen molar-refractivity contribution in [1.29, 1.82) is 0 Å². The summed E-state index contributed by atoms with van der Waals surface area (Å²) in [6.45, 7) is 2.95. The monoisotopic (exact) mass is 265 g/mol. The van der Waals surface area contributed by atoms with Crippen LogP contribution in [0, 0.1) is 0 Å². The van der Waals surface area contributed by atoms with Gasteiger partial charge in [0.25, 0.3) is 5.91 Å². The molecule has 1 saturated heterocycles. The lowest BCUT2D eigenvalue weighted by atomic mass is 10.0. The van der Waals surface area contributed by atoms with E-state index in [9.17, 15) is 9.00 Å². The highest BCUT2D eigenvalue weighted by Gasteiger charge is 2.23. The zero-order valence-corrected chi connectivity index (χ0v) is 11.7. The Balaban J connectivity index is 2.15. The van der Waals surface area contributed by atoms with Crippen molar-refractivity contribution in [2.24, 2.45) is 0 Å². The highest BCUT2D eigenvalue weighted by atomic mass is 32.2. The molecule has 2 unspecified atom stereocenters. The van der Waals surface area contributed by atoms with Gasteiger partial charge in [0.2, 0.25) is 0 Å². The Morgan fingerprint density at radius 2 is 1.94 bits per heavy atom. The second-order valence-corrected chi connectivity index (χ2v) is 6.20. The minimum absolute atomic E-state index is 0.0932. The molecule has 0 spiro atoms. The summed E-state index contributed by atoms with van der Waals surface area (Å²) in [5.74, 6) is 0.0932. The van der Waals surface area contributed by atoms with Crippen LogP contribution in [0.4, 0.5) is 0 Å². The number of rotatable bonds is 2. The lowest BCUT2D eigenvalue weighted by Crippen LogP contribution is -2.42. The molecule has 1 aromatic carbocycles. The molecule has 1 amide bonds. The largest absolute Gasteiger partial charge is 0.336 e. The Morgan fingerprint density at radius 3 is 2.50 bits per heavy atom. The van der Waals surface area contributed by atoms with Crippen LogP contribution >= 0.6 is 0 Å². The summed E-state index contributed by atoms with van der Waals surface area (Å²) in [6.07, 6.45) is 5.03. The van der Waals surface area contributed by atoms with Gasteiger partial charge in [-0.25, -0.2) is 0 Å². The number of nitrogens with zero attached hydrogens (tertiary/aromatic N) is 1. The molecule has 0 radical (unpaired) electrons. The number of carbonyl (C=O) groups excluding carboxylic acids is 1. The van der Waals surface area contributed by atoms with Crippen LogP contribution in [0.3, 0.4) is 0 Å².